The van der Waals surface area contributed by atoms with Crippen LogP contribution in [0.15, 0.2) is 43.2 Å². The maximum absolute atomic E-state index is 13.2. The van der Waals surface area contributed by atoms with E-state index in [2.05, 4.69) is 9.97 Å². The van der Waals surface area contributed by atoms with Gasteiger partial charge in [0.2, 0.25) is 11.8 Å². The summed E-state index contributed by atoms with van der Waals surface area (Å²) in [4.78, 5) is 36.8. The molecule has 3 heterocycles. The van der Waals surface area contributed by atoms with Crippen LogP contribution in [0.2, 0.25) is 0 Å². The SMILES string of the molecule is CC(=O)N1CCC[C@@H](C(=O)N(CCCn2ccnc2)Cc2ccncc2)C1. The molecule has 7 nitrogen and oxygen atoms in total. The molecule has 2 amide bonds. The van der Waals surface area contributed by atoms with Crippen LogP contribution in [0.25, 0.3) is 0 Å². The Morgan fingerprint density at radius 2 is 2.04 bits per heavy atom. The van der Waals surface area contributed by atoms with E-state index in [0.717, 1.165) is 37.9 Å². The molecule has 0 saturated carbocycles. The predicted molar refractivity (Wildman–Crippen MR) is 101 cm³/mol. The number of likely N-dealkylation sites (tertiary alicyclic amines) is 1. The molecule has 0 radical (unpaired) electrons. The second-order valence-electron chi connectivity index (χ2n) is 7.07. The third kappa shape index (κ3) is 5.39. The van der Waals surface area contributed by atoms with E-state index in [1.54, 1.807) is 36.7 Å². The van der Waals surface area contributed by atoms with E-state index in [4.69, 9.17) is 0 Å². The lowest BCUT2D eigenvalue weighted by Gasteiger charge is -2.34. The average molecular weight is 369 g/mol. The number of hydrogen-bond donors (Lipinski definition) is 0. The minimum atomic E-state index is -0.113. The predicted octanol–water partition coefficient (Wildman–Crippen LogP) is 1.96. The number of nitrogens with zero attached hydrogens (tertiary/aromatic N) is 5. The molecular formula is C20H27N5O2. The zero-order valence-electron chi connectivity index (χ0n) is 15.8. The molecule has 0 bridgehead atoms. The summed E-state index contributed by atoms with van der Waals surface area (Å²) in [5.41, 5.74) is 1.07. The van der Waals surface area contributed by atoms with E-state index in [1.807, 2.05) is 27.8 Å². The summed E-state index contributed by atoms with van der Waals surface area (Å²) in [5.74, 6) is 0.0782. The van der Waals surface area contributed by atoms with Crippen LogP contribution in [-0.4, -0.2) is 55.8 Å². The maximum atomic E-state index is 13.2. The fourth-order valence-corrected chi connectivity index (χ4v) is 3.56. The van der Waals surface area contributed by atoms with Gasteiger partial charge in [0.25, 0.3) is 0 Å². The third-order valence-electron chi connectivity index (χ3n) is 5.05. The number of hydrogen-bond acceptors (Lipinski definition) is 4. The van der Waals surface area contributed by atoms with Gasteiger partial charge in [0, 0.05) is 64.4 Å². The molecule has 3 rings (SSSR count). The summed E-state index contributed by atoms with van der Waals surface area (Å²) < 4.78 is 2.02. The van der Waals surface area contributed by atoms with Crippen LogP contribution >= 0.6 is 0 Å². The minimum Gasteiger partial charge on any atom is -0.342 e. The monoisotopic (exact) mass is 369 g/mol. The normalized spacial score (nSPS) is 16.9. The quantitative estimate of drug-likeness (QED) is 0.748. The lowest BCUT2D eigenvalue weighted by atomic mass is 9.96. The summed E-state index contributed by atoms with van der Waals surface area (Å²) in [5, 5.41) is 0. The Labute approximate surface area is 160 Å². The topological polar surface area (TPSA) is 71.3 Å². The van der Waals surface area contributed by atoms with Gasteiger partial charge in [-0.25, -0.2) is 4.98 Å². The van der Waals surface area contributed by atoms with Crippen LogP contribution < -0.4 is 0 Å². The molecule has 0 spiro atoms. The molecule has 7 heteroatoms. The van der Waals surface area contributed by atoms with Crippen molar-refractivity contribution in [2.24, 2.45) is 5.92 Å². The Balaban J connectivity index is 1.65. The highest BCUT2D eigenvalue weighted by atomic mass is 16.2. The Bertz CT molecular complexity index is 732. The second kappa shape index (κ2) is 9.30. The fourth-order valence-electron chi connectivity index (χ4n) is 3.56. The zero-order chi connectivity index (χ0) is 19.1. The van der Waals surface area contributed by atoms with Gasteiger partial charge >= 0.3 is 0 Å². The summed E-state index contributed by atoms with van der Waals surface area (Å²) >= 11 is 0. The molecule has 1 fully saturated rings. The molecule has 1 aliphatic rings. The lowest BCUT2D eigenvalue weighted by Crippen LogP contribution is -2.46. The van der Waals surface area contributed by atoms with Crippen LogP contribution in [-0.2, 0) is 22.7 Å². The number of pyridine rings is 1. The molecular weight excluding hydrogens is 342 g/mol. The fraction of sp³-hybridized carbons (Fsp3) is 0.500. The van der Waals surface area contributed by atoms with Crippen molar-refractivity contribution in [2.45, 2.75) is 39.3 Å². The van der Waals surface area contributed by atoms with Crippen LogP contribution in [0.1, 0.15) is 31.7 Å². The van der Waals surface area contributed by atoms with Gasteiger partial charge in [0.15, 0.2) is 0 Å². The molecule has 1 atom stereocenters. The molecule has 0 aliphatic carbocycles. The molecule has 144 valence electrons. The van der Waals surface area contributed by atoms with Gasteiger partial charge in [-0.3, -0.25) is 14.6 Å². The van der Waals surface area contributed by atoms with E-state index in [0.29, 0.717) is 19.6 Å². The standard InChI is InChI=1S/C20H27N5O2/c1-17(26)24-11-2-4-19(15-24)20(27)25(14-18-5-7-21-8-6-18)12-3-10-23-13-9-22-16-23/h5-9,13,16,19H,2-4,10-12,14-15H2,1H3/t19-/m1/s1. The number of aryl methyl sites for hydroxylation is 1. The Kier molecular flexibility index (Phi) is 6.57. The van der Waals surface area contributed by atoms with E-state index in [9.17, 15) is 9.59 Å². The van der Waals surface area contributed by atoms with Crippen LogP contribution in [0.4, 0.5) is 0 Å². The summed E-state index contributed by atoms with van der Waals surface area (Å²) in [6, 6.07) is 3.89. The van der Waals surface area contributed by atoms with Gasteiger partial charge in [-0.15, -0.1) is 0 Å². The Hall–Kier alpha value is -2.70. The van der Waals surface area contributed by atoms with Crippen LogP contribution in [0.3, 0.4) is 0 Å². The summed E-state index contributed by atoms with van der Waals surface area (Å²) in [7, 11) is 0. The number of rotatable bonds is 7. The van der Waals surface area contributed by atoms with E-state index in [1.165, 1.54) is 0 Å². The summed E-state index contributed by atoms with van der Waals surface area (Å²) in [6.07, 6.45) is 11.6. The first-order valence-electron chi connectivity index (χ1n) is 9.52. The van der Waals surface area contributed by atoms with Gasteiger partial charge < -0.3 is 14.4 Å². The smallest absolute Gasteiger partial charge is 0.227 e. The minimum absolute atomic E-state index is 0.0493. The van der Waals surface area contributed by atoms with Crippen molar-refractivity contribution in [2.75, 3.05) is 19.6 Å². The van der Waals surface area contributed by atoms with Crippen LogP contribution in [0, 0.1) is 5.92 Å². The van der Waals surface area contributed by atoms with Gasteiger partial charge in [-0.1, -0.05) is 0 Å². The number of carbonyl (C=O) groups is 2. The zero-order valence-corrected chi connectivity index (χ0v) is 15.8. The van der Waals surface area contributed by atoms with Crippen LogP contribution in [0.5, 0.6) is 0 Å². The number of piperidine rings is 1. The van der Waals surface area contributed by atoms with Gasteiger partial charge in [0.1, 0.15) is 0 Å². The first-order valence-corrected chi connectivity index (χ1v) is 9.52. The highest BCUT2D eigenvalue weighted by molar-refractivity contribution is 5.80. The van der Waals surface area contributed by atoms with Gasteiger partial charge in [0.05, 0.1) is 12.2 Å². The van der Waals surface area contributed by atoms with Crippen molar-refractivity contribution in [1.82, 2.24) is 24.3 Å². The van der Waals surface area contributed by atoms with Gasteiger partial charge in [-0.05, 0) is 37.0 Å². The molecule has 0 unspecified atom stereocenters. The van der Waals surface area contributed by atoms with Gasteiger partial charge in [-0.2, -0.15) is 0 Å². The molecule has 2 aromatic heterocycles. The van der Waals surface area contributed by atoms with Crippen molar-refractivity contribution in [3.05, 3.63) is 48.8 Å². The maximum Gasteiger partial charge on any atom is 0.227 e. The van der Waals surface area contributed by atoms with Crippen molar-refractivity contribution >= 4 is 11.8 Å². The number of imidazole rings is 1. The molecule has 2 aromatic rings. The van der Waals surface area contributed by atoms with Crippen molar-refractivity contribution in [3.63, 3.8) is 0 Å². The highest BCUT2D eigenvalue weighted by Crippen LogP contribution is 2.20. The number of carbonyl (C=O) groups excluding carboxylic acids is 2. The lowest BCUT2D eigenvalue weighted by molar-refractivity contribution is -0.140. The van der Waals surface area contributed by atoms with E-state index < -0.39 is 0 Å². The number of aromatic nitrogens is 3. The van der Waals surface area contributed by atoms with Crippen molar-refractivity contribution in [3.8, 4) is 0 Å². The highest BCUT2D eigenvalue weighted by Gasteiger charge is 2.30. The van der Waals surface area contributed by atoms with E-state index in [-0.39, 0.29) is 17.7 Å². The van der Waals surface area contributed by atoms with Crippen molar-refractivity contribution < 1.29 is 9.59 Å². The first kappa shape index (κ1) is 19.1. The molecule has 1 aliphatic heterocycles. The molecule has 0 aromatic carbocycles. The molecule has 27 heavy (non-hydrogen) atoms. The Morgan fingerprint density at radius 1 is 1.22 bits per heavy atom. The number of amides is 2. The summed E-state index contributed by atoms with van der Waals surface area (Å²) in [6.45, 7) is 4.93. The van der Waals surface area contributed by atoms with E-state index >= 15 is 0 Å². The third-order valence-corrected chi connectivity index (χ3v) is 5.05. The second-order valence-corrected chi connectivity index (χ2v) is 7.07. The largest absolute Gasteiger partial charge is 0.342 e. The average Bonchev–Trinajstić information content (AvgIpc) is 3.21. The molecule has 0 N–H and O–H groups in total. The Morgan fingerprint density at radius 3 is 2.74 bits per heavy atom. The first-order chi connectivity index (χ1) is 13.1. The molecule has 1 saturated heterocycles. The van der Waals surface area contributed by atoms with Crippen molar-refractivity contribution in [1.29, 1.82) is 0 Å².